The van der Waals surface area contributed by atoms with Crippen LogP contribution in [0.3, 0.4) is 0 Å². The van der Waals surface area contributed by atoms with Crippen LogP contribution in [0.25, 0.3) is 0 Å². The highest BCUT2D eigenvalue weighted by atomic mass is 16.2. The Morgan fingerprint density at radius 1 is 1.61 bits per heavy atom. The van der Waals surface area contributed by atoms with E-state index in [2.05, 4.69) is 15.3 Å². The van der Waals surface area contributed by atoms with Crippen LogP contribution in [0.15, 0.2) is 12.4 Å². The normalized spacial score (nSPS) is 20.6. The average molecular weight is 250 g/mol. The van der Waals surface area contributed by atoms with Crippen LogP contribution in [-0.2, 0) is 11.8 Å². The Morgan fingerprint density at radius 3 is 3.00 bits per heavy atom. The van der Waals surface area contributed by atoms with Crippen molar-refractivity contribution in [1.29, 1.82) is 0 Å². The number of carbonyl (C=O) groups is 1. The number of hydrogen-bond acceptors (Lipinski definition) is 3. The minimum absolute atomic E-state index is 0.112. The van der Waals surface area contributed by atoms with E-state index in [1.807, 2.05) is 38.0 Å². The van der Waals surface area contributed by atoms with Crippen molar-refractivity contribution in [2.75, 3.05) is 13.1 Å². The van der Waals surface area contributed by atoms with Gasteiger partial charge < -0.3 is 5.32 Å². The predicted octanol–water partition coefficient (Wildman–Crippen LogP) is 1.08. The van der Waals surface area contributed by atoms with Gasteiger partial charge >= 0.3 is 0 Å². The third kappa shape index (κ3) is 3.10. The quantitative estimate of drug-likeness (QED) is 0.870. The molecule has 1 saturated heterocycles. The number of aromatic nitrogens is 2. The zero-order valence-corrected chi connectivity index (χ0v) is 11.4. The Kier molecular flexibility index (Phi) is 4.01. The summed E-state index contributed by atoms with van der Waals surface area (Å²) in [4.78, 5) is 14.1. The van der Waals surface area contributed by atoms with Gasteiger partial charge in [0.1, 0.15) is 0 Å². The van der Waals surface area contributed by atoms with Crippen LogP contribution in [0.5, 0.6) is 0 Å². The Bertz CT molecular complexity index is 413. The molecular formula is C13H22N4O. The number of nitrogens with zero attached hydrogens (tertiary/aromatic N) is 3. The second-order valence-corrected chi connectivity index (χ2v) is 5.30. The standard InChI is InChI=1S/C13H22N4O/c1-10(2)15-13(18)9-17-6-4-5-12(17)11-7-14-16(3)8-11/h7-8,10,12H,4-6,9H2,1-3H3,(H,15,18)/t12-/m1/s1. The molecule has 100 valence electrons. The molecule has 1 aromatic heterocycles. The fourth-order valence-corrected chi connectivity index (χ4v) is 2.56. The number of nitrogens with one attached hydrogen (secondary N) is 1. The summed E-state index contributed by atoms with van der Waals surface area (Å²) in [7, 11) is 1.92. The summed E-state index contributed by atoms with van der Waals surface area (Å²) in [5.41, 5.74) is 1.22. The zero-order chi connectivity index (χ0) is 13.1. The van der Waals surface area contributed by atoms with E-state index in [4.69, 9.17) is 0 Å². The van der Waals surface area contributed by atoms with Crippen molar-refractivity contribution >= 4 is 5.91 Å². The smallest absolute Gasteiger partial charge is 0.234 e. The van der Waals surface area contributed by atoms with Gasteiger partial charge in [0, 0.05) is 30.9 Å². The summed E-state index contributed by atoms with van der Waals surface area (Å²) in [5.74, 6) is 0.112. The van der Waals surface area contributed by atoms with Crippen molar-refractivity contribution in [3.8, 4) is 0 Å². The average Bonchev–Trinajstić information content (AvgIpc) is 2.85. The van der Waals surface area contributed by atoms with Crippen molar-refractivity contribution in [1.82, 2.24) is 20.0 Å². The van der Waals surface area contributed by atoms with Gasteiger partial charge in [-0.3, -0.25) is 14.4 Å². The number of hydrogen-bond donors (Lipinski definition) is 1. The molecule has 1 aromatic rings. The first kappa shape index (κ1) is 13.1. The van der Waals surface area contributed by atoms with Crippen molar-refractivity contribution in [2.45, 2.75) is 38.8 Å². The highest BCUT2D eigenvalue weighted by Crippen LogP contribution is 2.30. The van der Waals surface area contributed by atoms with Gasteiger partial charge in [-0.2, -0.15) is 5.10 Å². The molecule has 2 rings (SSSR count). The number of likely N-dealkylation sites (tertiary alicyclic amines) is 1. The van der Waals surface area contributed by atoms with Crippen LogP contribution < -0.4 is 5.32 Å². The summed E-state index contributed by atoms with van der Waals surface area (Å²) in [6, 6.07) is 0.550. The van der Waals surface area contributed by atoms with E-state index in [0.717, 1.165) is 19.4 Å². The van der Waals surface area contributed by atoms with Crippen molar-refractivity contribution in [3.05, 3.63) is 18.0 Å². The van der Waals surface area contributed by atoms with Gasteiger partial charge in [0.15, 0.2) is 0 Å². The molecular weight excluding hydrogens is 228 g/mol. The van der Waals surface area contributed by atoms with Crippen LogP contribution in [0, 0.1) is 0 Å². The second kappa shape index (κ2) is 5.52. The topological polar surface area (TPSA) is 50.2 Å². The monoisotopic (exact) mass is 250 g/mol. The predicted molar refractivity (Wildman–Crippen MR) is 70.0 cm³/mol. The number of amides is 1. The van der Waals surface area contributed by atoms with Crippen molar-refractivity contribution in [2.24, 2.45) is 7.05 Å². The fraction of sp³-hybridized carbons (Fsp3) is 0.692. The molecule has 1 fully saturated rings. The molecule has 0 radical (unpaired) electrons. The number of aryl methyl sites for hydroxylation is 1. The molecule has 2 heterocycles. The molecule has 0 aromatic carbocycles. The Balaban J connectivity index is 1.97. The van der Waals surface area contributed by atoms with Gasteiger partial charge in [-0.25, -0.2) is 0 Å². The molecule has 1 aliphatic rings. The molecule has 0 aliphatic carbocycles. The van der Waals surface area contributed by atoms with Gasteiger partial charge in [0.25, 0.3) is 0 Å². The minimum atomic E-state index is 0.112. The second-order valence-electron chi connectivity index (χ2n) is 5.30. The Hall–Kier alpha value is -1.36. The van der Waals surface area contributed by atoms with Crippen molar-refractivity contribution < 1.29 is 4.79 Å². The third-order valence-electron chi connectivity index (χ3n) is 3.27. The summed E-state index contributed by atoms with van der Waals surface area (Å²) >= 11 is 0. The maximum absolute atomic E-state index is 11.8. The van der Waals surface area contributed by atoms with Gasteiger partial charge in [-0.1, -0.05) is 0 Å². The van der Waals surface area contributed by atoms with Crippen molar-refractivity contribution in [3.63, 3.8) is 0 Å². The van der Waals surface area contributed by atoms with Crippen LogP contribution in [0.2, 0.25) is 0 Å². The minimum Gasteiger partial charge on any atom is -0.353 e. The lowest BCUT2D eigenvalue weighted by Gasteiger charge is -2.23. The lowest BCUT2D eigenvalue weighted by atomic mass is 10.1. The first-order chi connectivity index (χ1) is 8.56. The molecule has 1 amide bonds. The lowest BCUT2D eigenvalue weighted by Crippen LogP contribution is -2.39. The van der Waals surface area contributed by atoms with E-state index in [9.17, 15) is 4.79 Å². The SMILES string of the molecule is CC(C)NC(=O)CN1CCC[C@@H]1c1cnn(C)c1. The Labute approximate surface area is 108 Å². The van der Waals surface area contributed by atoms with Gasteiger partial charge in [0.2, 0.25) is 5.91 Å². The van der Waals surface area contributed by atoms with Crippen LogP contribution in [0.4, 0.5) is 0 Å². The summed E-state index contributed by atoms with van der Waals surface area (Å²) in [6.45, 7) is 5.45. The molecule has 18 heavy (non-hydrogen) atoms. The van der Waals surface area contributed by atoms with E-state index >= 15 is 0 Å². The Morgan fingerprint density at radius 2 is 2.39 bits per heavy atom. The van der Waals surface area contributed by atoms with E-state index in [0.29, 0.717) is 12.6 Å². The summed E-state index contributed by atoms with van der Waals surface area (Å²) in [6.07, 6.45) is 6.21. The molecule has 1 atom stereocenters. The van der Waals surface area contributed by atoms with Crippen LogP contribution in [0.1, 0.15) is 38.3 Å². The highest BCUT2D eigenvalue weighted by molar-refractivity contribution is 5.78. The highest BCUT2D eigenvalue weighted by Gasteiger charge is 2.28. The first-order valence-electron chi connectivity index (χ1n) is 6.58. The first-order valence-corrected chi connectivity index (χ1v) is 6.58. The molecule has 5 nitrogen and oxygen atoms in total. The van der Waals surface area contributed by atoms with Crippen LogP contribution >= 0.6 is 0 Å². The molecule has 0 spiro atoms. The van der Waals surface area contributed by atoms with E-state index < -0.39 is 0 Å². The molecule has 0 unspecified atom stereocenters. The van der Waals surface area contributed by atoms with Crippen LogP contribution in [-0.4, -0.2) is 39.7 Å². The molecule has 1 aliphatic heterocycles. The molecule has 1 N–H and O–H groups in total. The van der Waals surface area contributed by atoms with E-state index in [-0.39, 0.29) is 11.9 Å². The number of rotatable bonds is 4. The fourth-order valence-electron chi connectivity index (χ4n) is 2.56. The van der Waals surface area contributed by atoms with Gasteiger partial charge in [-0.05, 0) is 33.2 Å². The maximum atomic E-state index is 11.8. The zero-order valence-electron chi connectivity index (χ0n) is 11.4. The lowest BCUT2D eigenvalue weighted by molar-refractivity contribution is -0.122. The molecule has 0 bridgehead atoms. The molecule has 5 heteroatoms. The van der Waals surface area contributed by atoms with E-state index in [1.54, 1.807) is 0 Å². The number of carbonyl (C=O) groups excluding carboxylic acids is 1. The maximum Gasteiger partial charge on any atom is 0.234 e. The largest absolute Gasteiger partial charge is 0.353 e. The van der Waals surface area contributed by atoms with E-state index in [1.165, 1.54) is 5.56 Å². The van der Waals surface area contributed by atoms with Gasteiger partial charge in [0.05, 0.1) is 12.7 Å². The third-order valence-corrected chi connectivity index (χ3v) is 3.27. The summed E-state index contributed by atoms with van der Waals surface area (Å²) < 4.78 is 1.82. The van der Waals surface area contributed by atoms with Gasteiger partial charge in [-0.15, -0.1) is 0 Å². The molecule has 0 saturated carbocycles. The summed E-state index contributed by atoms with van der Waals surface area (Å²) in [5, 5.41) is 7.16.